The molecule has 0 spiro atoms. The van der Waals surface area contributed by atoms with Gasteiger partial charge in [-0.2, -0.15) is 0 Å². The van der Waals surface area contributed by atoms with E-state index in [2.05, 4.69) is 12.3 Å². The fourth-order valence-corrected chi connectivity index (χ4v) is 2.53. The molecule has 1 fully saturated rings. The Morgan fingerprint density at radius 2 is 2.50 bits per heavy atom. The molecule has 0 bridgehead atoms. The lowest BCUT2D eigenvalue weighted by molar-refractivity contribution is 0.0769. The van der Waals surface area contributed by atoms with Crippen LogP contribution in [-0.2, 0) is 11.2 Å². The van der Waals surface area contributed by atoms with Crippen molar-refractivity contribution in [2.45, 2.75) is 38.3 Å². The highest BCUT2D eigenvalue weighted by Crippen LogP contribution is 2.27. The second kappa shape index (κ2) is 5.48. The van der Waals surface area contributed by atoms with Crippen LogP contribution in [0.3, 0.4) is 0 Å². The smallest absolute Gasteiger partial charge is 0.105 e. The van der Waals surface area contributed by atoms with Crippen LogP contribution in [0.5, 0.6) is 0 Å². The zero-order valence-corrected chi connectivity index (χ0v) is 9.69. The Kier molecular flexibility index (Phi) is 3.98. The molecule has 0 amide bonds. The van der Waals surface area contributed by atoms with Crippen LogP contribution in [0.25, 0.3) is 0 Å². The molecule has 4 nitrogen and oxygen atoms in total. The van der Waals surface area contributed by atoms with Gasteiger partial charge in [0.1, 0.15) is 5.76 Å². The highest BCUT2D eigenvalue weighted by Gasteiger charge is 2.33. The summed E-state index contributed by atoms with van der Waals surface area (Å²) in [6.45, 7) is 3.00. The lowest BCUT2D eigenvalue weighted by Gasteiger charge is -2.25. The molecular weight excluding hydrogens is 204 g/mol. The zero-order chi connectivity index (χ0) is 11.4. The van der Waals surface area contributed by atoms with E-state index in [1.807, 2.05) is 12.1 Å². The van der Waals surface area contributed by atoms with Crippen molar-refractivity contribution >= 4 is 0 Å². The third-order valence-corrected chi connectivity index (χ3v) is 3.40. The predicted molar refractivity (Wildman–Crippen MR) is 61.7 cm³/mol. The van der Waals surface area contributed by atoms with E-state index in [1.165, 1.54) is 0 Å². The maximum atomic E-state index is 5.69. The summed E-state index contributed by atoms with van der Waals surface area (Å²) in [5.41, 5.74) is 2.91. The first-order valence-corrected chi connectivity index (χ1v) is 5.95. The minimum absolute atomic E-state index is 0.235. The van der Waals surface area contributed by atoms with Crippen molar-refractivity contribution in [3.05, 3.63) is 24.2 Å². The number of hydrazine groups is 1. The summed E-state index contributed by atoms with van der Waals surface area (Å²) in [6.07, 6.45) is 4.98. The summed E-state index contributed by atoms with van der Waals surface area (Å²) in [5, 5.41) is 0. The Labute approximate surface area is 96.1 Å². The summed E-state index contributed by atoms with van der Waals surface area (Å²) in [7, 11) is 0. The molecule has 1 saturated heterocycles. The standard InChI is InChI=1S/C12H20N2O2/c1-2-12-10(5-7-16-12)11(14-13)8-9-4-3-6-15-9/h3-4,6,10-12,14H,2,5,7-8,13H2,1H3. The largest absolute Gasteiger partial charge is 0.469 e. The first-order chi connectivity index (χ1) is 7.85. The second-order valence-electron chi connectivity index (χ2n) is 4.33. The van der Waals surface area contributed by atoms with Gasteiger partial charge in [0.2, 0.25) is 0 Å². The quantitative estimate of drug-likeness (QED) is 0.587. The highest BCUT2D eigenvalue weighted by atomic mass is 16.5. The normalized spacial score (nSPS) is 27.1. The Morgan fingerprint density at radius 1 is 1.62 bits per heavy atom. The number of hydrogen-bond acceptors (Lipinski definition) is 4. The number of nitrogens with two attached hydrogens (primary N) is 1. The molecule has 0 saturated carbocycles. The predicted octanol–water partition coefficient (Wildman–Crippen LogP) is 1.47. The maximum absolute atomic E-state index is 5.69. The summed E-state index contributed by atoms with van der Waals surface area (Å²) < 4.78 is 11.0. The Hall–Kier alpha value is -0.840. The number of nitrogens with one attached hydrogen (secondary N) is 1. The van der Waals surface area contributed by atoms with E-state index < -0.39 is 0 Å². The summed E-state index contributed by atoms with van der Waals surface area (Å²) >= 11 is 0. The highest BCUT2D eigenvalue weighted by molar-refractivity contribution is 5.02. The topological polar surface area (TPSA) is 60.4 Å². The SMILES string of the molecule is CCC1OCCC1C(Cc1ccco1)NN. The molecule has 1 aromatic rings. The molecule has 0 radical (unpaired) electrons. The first-order valence-electron chi connectivity index (χ1n) is 5.95. The second-order valence-corrected chi connectivity index (χ2v) is 4.33. The summed E-state index contributed by atoms with van der Waals surface area (Å²) in [6, 6.07) is 4.13. The van der Waals surface area contributed by atoms with Crippen LogP contribution < -0.4 is 11.3 Å². The summed E-state index contributed by atoms with van der Waals surface area (Å²) in [4.78, 5) is 0. The molecule has 3 N–H and O–H groups in total. The van der Waals surface area contributed by atoms with Gasteiger partial charge in [-0.05, 0) is 25.0 Å². The minimum Gasteiger partial charge on any atom is -0.469 e. The van der Waals surface area contributed by atoms with Crippen LogP contribution in [0.4, 0.5) is 0 Å². The lowest BCUT2D eigenvalue weighted by Crippen LogP contribution is -2.45. The third kappa shape index (κ3) is 2.45. The van der Waals surface area contributed by atoms with Gasteiger partial charge in [0.25, 0.3) is 0 Å². The van der Waals surface area contributed by atoms with E-state index in [9.17, 15) is 0 Å². The van der Waals surface area contributed by atoms with Crippen molar-refractivity contribution in [1.82, 2.24) is 5.43 Å². The van der Waals surface area contributed by atoms with Gasteiger partial charge in [-0.15, -0.1) is 0 Å². The van der Waals surface area contributed by atoms with E-state index in [-0.39, 0.29) is 6.04 Å². The van der Waals surface area contributed by atoms with Gasteiger partial charge in [-0.25, -0.2) is 0 Å². The lowest BCUT2D eigenvalue weighted by atomic mass is 9.89. The van der Waals surface area contributed by atoms with Crippen LogP contribution in [0.2, 0.25) is 0 Å². The molecule has 4 heteroatoms. The Bertz CT molecular complexity index is 300. The van der Waals surface area contributed by atoms with Crippen LogP contribution in [0.15, 0.2) is 22.8 Å². The van der Waals surface area contributed by atoms with Crippen molar-refractivity contribution in [2.24, 2.45) is 11.8 Å². The molecule has 1 aliphatic heterocycles. The average Bonchev–Trinajstić information content (AvgIpc) is 2.96. The van der Waals surface area contributed by atoms with Gasteiger partial charge in [-0.3, -0.25) is 11.3 Å². The van der Waals surface area contributed by atoms with Gasteiger partial charge in [0.15, 0.2) is 0 Å². The van der Waals surface area contributed by atoms with Crippen LogP contribution in [0, 0.1) is 5.92 Å². The van der Waals surface area contributed by atoms with Crippen molar-refractivity contribution < 1.29 is 9.15 Å². The molecule has 0 aromatic carbocycles. The van der Waals surface area contributed by atoms with E-state index in [0.717, 1.165) is 31.6 Å². The van der Waals surface area contributed by atoms with Gasteiger partial charge >= 0.3 is 0 Å². The Morgan fingerprint density at radius 3 is 3.12 bits per heavy atom. The molecule has 90 valence electrons. The van der Waals surface area contributed by atoms with Crippen molar-refractivity contribution in [3.8, 4) is 0 Å². The Balaban J connectivity index is 1.98. The van der Waals surface area contributed by atoms with E-state index in [4.69, 9.17) is 15.0 Å². The molecule has 1 aromatic heterocycles. The molecule has 2 heterocycles. The molecule has 0 aliphatic carbocycles. The van der Waals surface area contributed by atoms with E-state index in [1.54, 1.807) is 6.26 Å². The third-order valence-electron chi connectivity index (χ3n) is 3.40. The van der Waals surface area contributed by atoms with E-state index >= 15 is 0 Å². The number of rotatable bonds is 5. The fraction of sp³-hybridized carbons (Fsp3) is 0.667. The average molecular weight is 224 g/mol. The van der Waals surface area contributed by atoms with Crippen molar-refractivity contribution in [3.63, 3.8) is 0 Å². The molecular formula is C12H20N2O2. The molecule has 3 unspecified atom stereocenters. The van der Waals surface area contributed by atoms with Gasteiger partial charge in [0.05, 0.1) is 12.4 Å². The van der Waals surface area contributed by atoms with Crippen LogP contribution >= 0.6 is 0 Å². The van der Waals surface area contributed by atoms with Gasteiger partial charge < -0.3 is 9.15 Å². The number of ether oxygens (including phenoxy) is 1. The van der Waals surface area contributed by atoms with Crippen LogP contribution in [-0.4, -0.2) is 18.8 Å². The molecule has 1 aliphatic rings. The van der Waals surface area contributed by atoms with Crippen molar-refractivity contribution in [1.29, 1.82) is 0 Å². The monoisotopic (exact) mass is 224 g/mol. The molecule has 3 atom stereocenters. The van der Waals surface area contributed by atoms with E-state index in [0.29, 0.717) is 12.0 Å². The van der Waals surface area contributed by atoms with Gasteiger partial charge in [-0.1, -0.05) is 6.92 Å². The number of hydrogen-bond donors (Lipinski definition) is 2. The summed E-state index contributed by atoms with van der Waals surface area (Å²) in [5.74, 6) is 7.10. The molecule has 2 rings (SSSR count). The van der Waals surface area contributed by atoms with Crippen molar-refractivity contribution in [2.75, 3.05) is 6.61 Å². The molecule has 16 heavy (non-hydrogen) atoms. The van der Waals surface area contributed by atoms with Crippen LogP contribution in [0.1, 0.15) is 25.5 Å². The van der Waals surface area contributed by atoms with Gasteiger partial charge in [0, 0.05) is 25.0 Å². The fourth-order valence-electron chi connectivity index (χ4n) is 2.53. The minimum atomic E-state index is 0.235. The maximum Gasteiger partial charge on any atom is 0.105 e. The first kappa shape index (κ1) is 11.6. The zero-order valence-electron chi connectivity index (χ0n) is 9.69. The number of furan rings is 1.